The average molecular weight is 326 g/mol. The van der Waals surface area contributed by atoms with Crippen LogP contribution in [0.1, 0.15) is 13.3 Å². The van der Waals surface area contributed by atoms with E-state index in [1.807, 2.05) is 4.90 Å². The summed E-state index contributed by atoms with van der Waals surface area (Å²) in [7, 11) is 0. The van der Waals surface area contributed by atoms with Crippen molar-refractivity contribution >= 4 is 23.5 Å². The SMILES string of the molecule is CC(CC(F)(F)F)Nc1nc(Cl)nc(N2CCOCC2)n1. The number of aromatic nitrogens is 3. The van der Waals surface area contributed by atoms with E-state index in [1.165, 1.54) is 6.92 Å². The molecule has 1 aromatic rings. The normalized spacial score (nSPS) is 17.7. The van der Waals surface area contributed by atoms with Crippen LogP contribution in [0.15, 0.2) is 0 Å². The predicted molar refractivity (Wildman–Crippen MR) is 71.6 cm³/mol. The van der Waals surface area contributed by atoms with E-state index in [-0.39, 0.29) is 11.2 Å². The number of nitrogens with zero attached hydrogens (tertiary/aromatic N) is 4. The fourth-order valence-electron chi connectivity index (χ4n) is 1.93. The van der Waals surface area contributed by atoms with Crippen LogP contribution >= 0.6 is 11.6 Å². The van der Waals surface area contributed by atoms with Gasteiger partial charge in [0.25, 0.3) is 0 Å². The maximum Gasteiger partial charge on any atom is 0.391 e. The molecule has 1 unspecified atom stereocenters. The number of nitrogens with one attached hydrogen (secondary N) is 1. The summed E-state index contributed by atoms with van der Waals surface area (Å²) < 4.78 is 42.2. The first-order valence-electron chi connectivity index (χ1n) is 6.41. The highest BCUT2D eigenvalue weighted by Gasteiger charge is 2.30. The lowest BCUT2D eigenvalue weighted by Gasteiger charge is -2.27. The number of morpholine rings is 1. The second-order valence-electron chi connectivity index (χ2n) is 4.69. The lowest BCUT2D eigenvalue weighted by atomic mass is 10.2. The highest BCUT2D eigenvalue weighted by Crippen LogP contribution is 2.23. The molecule has 0 radical (unpaired) electrons. The third-order valence-electron chi connectivity index (χ3n) is 2.80. The van der Waals surface area contributed by atoms with Gasteiger partial charge in [-0.15, -0.1) is 0 Å². The molecular weight excluding hydrogens is 311 g/mol. The van der Waals surface area contributed by atoms with Gasteiger partial charge >= 0.3 is 6.18 Å². The van der Waals surface area contributed by atoms with E-state index in [4.69, 9.17) is 16.3 Å². The molecule has 10 heteroatoms. The lowest BCUT2D eigenvalue weighted by Crippen LogP contribution is -2.37. The Morgan fingerprint density at radius 2 is 1.95 bits per heavy atom. The molecule has 1 aliphatic rings. The van der Waals surface area contributed by atoms with Gasteiger partial charge in [-0.3, -0.25) is 0 Å². The Morgan fingerprint density at radius 1 is 1.29 bits per heavy atom. The van der Waals surface area contributed by atoms with Crippen molar-refractivity contribution in [1.29, 1.82) is 0 Å². The number of anilines is 2. The molecule has 0 amide bonds. The molecule has 6 nitrogen and oxygen atoms in total. The Labute approximate surface area is 124 Å². The van der Waals surface area contributed by atoms with Gasteiger partial charge in [-0.25, -0.2) is 0 Å². The number of ether oxygens (including phenoxy) is 1. The van der Waals surface area contributed by atoms with Gasteiger partial charge in [0.05, 0.1) is 19.6 Å². The largest absolute Gasteiger partial charge is 0.391 e. The van der Waals surface area contributed by atoms with Gasteiger partial charge in [0.1, 0.15) is 0 Å². The van der Waals surface area contributed by atoms with Crippen LogP contribution in [-0.2, 0) is 4.74 Å². The zero-order valence-electron chi connectivity index (χ0n) is 11.3. The fraction of sp³-hybridized carbons (Fsp3) is 0.727. The van der Waals surface area contributed by atoms with E-state index in [0.29, 0.717) is 32.3 Å². The topological polar surface area (TPSA) is 63.2 Å². The summed E-state index contributed by atoms with van der Waals surface area (Å²) in [4.78, 5) is 13.8. The molecule has 0 aliphatic carbocycles. The molecule has 1 fully saturated rings. The highest BCUT2D eigenvalue weighted by atomic mass is 35.5. The zero-order valence-corrected chi connectivity index (χ0v) is 12.1. The summed E-state index contributed by atoms with van der Waals surface area (Å²) in [5.41, 5.74) is 0. The maximum atomic E-state index is 12.3. The highest BCUT2D eigenvalue weighted by molar-refractivity contribution is 6.28. The molecule has 0 aromatic carbocycles. The molecule has 0 bridgehead atoms. The molecule has 0 saturated carbocycles. The first kappa shape index (κ1) is 16.0. The summed E-state index contributed by atoms with van der Waals surface area (Å²) in [6.07, 6.45) is -5.24. The molecule has 1 atom stereocenters. The van der Waals surface area contributed by atoms with Crippen molar-refractivity contribution in [2.45, 2.75) is 25.6 Å². The Hall–Kier alpha value is -1.35. The molecule has 21 heavy (non-hydrogen) atoms. The Bertz CT molecular complexity index is 481. The van der Waals surface area contributed by atoms with Crippen molar-refractivity contribution in [3.8, 4) is 0 Å². The molecule has 1 aromatic heterocycles. The summed E-state index contributed by atoms with van der Waals surface area (Å²) in [6.45, 7) is 3.67. The molecule has 1 saturated heterocycles. The summed E-state index contributed by atoms with van der Waals surface area (Å²) in [6, 6.07) is -0.860. The third kappa shape index (κ3) is 5.16. The zero-order chi connectivity index (χ0) is 15.5. The van der Waals surface area contributed by atoms with Gasteiger partial charge in [0.15, 0.2) is 0 Å². The second-order valence-corrected chi connectivity index (χ2v) is 5.03. The molecule has 0 spiro atoms. The number of hydrogen-bond donors (Lipinski definition) is 1. The van der Waals surface area contributed by atoms with Crippen molar-refractivity contribution in [3.63, 3.8) is 0 Å². The monoisotopic (exact) mass is 325 g/mol. The van der Waals surface area contributed by atoms with Gasteiger partial charge in [-0.2, -0.15) is 28.1 Å². The van der Waals surface area contributed by atoms with E-state index in [2.05, 4.69) is 20.3 Å². The smallest absolute Gasteiger partial charge is 0.378 e. The molecule has 2 rings (SSSR count). The minimum absolute atomic E-state index is 0.0354. The van der Waals surface area contributed by atoms with E-state index in [1.54, 1.807) is 0 Å². The van der Waals surface area contributed by atoms with E-state index >= 15 is 0 Å². The number of rotatable bonds is 4. The van der Waals surface area contributed by atoms with Crippen LogP contribution in [-0.4, -0.2) is 53.5 Å². The minimum atomic E-state index is -4.25. The summed E-state index contributed by atoms with van der Waals surface area (Å²) >= 11 is 5.80. The quantitative estimate of drug-likeness (QED) is 0.915. The second kappa shape index (κ2) is 6.61. The van der Waals surface area contributed by atoms with Gasteiger partial charge in [0.2, 0.25) is 17.2 Å². The van der Waals surface area contributed by atoms with E-state index < -0.39 is 18.6 Å². The molecular formula is C11H15ClF3N5O. The predicted octanol–water partition coefficient (Wildman–Crippen LogP) is 2.11. The van der Waals surface area contributed by atoms with Gasteiger partial charge in [-0.1, -0.05) is 0 Å². The number of alkyl halides is 3. The number of hydrogen-bond acceptors (Lipinski definition) is 6. The van der Waals surface area contributed by atoms with Crippen molar-refractivity contribution in [1.82, 2.24) is 15.0 Å². The number of halogens is 4. The molecule has 1 N–H and O–H groups in total. The van der Waals surface area contributed by atoms with Crippen molar-refractivity contribution < 1.29 is 17.9 Å². The van der Waals surface area contributed by atoms with Crippen LogP contribution in [0.25, 0.3) is 0 Å². The first-order valence-corrected chi connectivity index (χ1v) is 6.79. The van der Waals surface area contributed by atoms with Crippen LogP contribution in [0.3, 0.4) is 0 Å². The van der Waals surface area contributed by atoms with Gasteiger partial charge < -0.3 is 15.0 Å². The lowest BCUT2D eigenvalue weighted by molar-refractivity contribution is -0.136. The van der Waals surface area contributed by atoms with Crippen molar-refractivity contribution in [2.24, 2.45) is 0 Å². The Kier molecular flexibility index (Phi) is 5.04. The van der Waals surface area contributed by atoms with E-state index in [0.717, 1.165) is 0 Å². The van der Waals surface area contributed by atoms with Gasteiger partial charge in [0, 0.05) is 19.1 Å². The maximum absolute atomic E-state index is 12.3. The molecule has 1 aliphatic heterocycles. The van der Waals surface area contributed by atoms with Crippen LogP contribution in [0.5, 0.6) is 0 Å². The van der Waals surface area contributed by atoms with Crippen LogP contribution < -0.4 is 10.2 Å². The first-order chi connectivity index (χ1) is 9.83. The third-order valence-corrected chi connectivity index (χ3v) is 2.97. The summed E-state index contributed by atoms with van der Waals surface area (Å²) in [5.74, 6) is 0.369. The van der Waals surface area contributed by atoms with Crippen LogP contribution in [0.4, 0.5) is 25.1 Å². The van der Waals surface area contributed by atoms with Crippen molar-refractivity contribution in [3.05, 3.63) is 5.28 Å². The van der Waals surface area contributed by atoms with Crippen molar-refractivity contribution in [2.75, 3.05) is 36.5 Å². The molecule has 2 heterocycles. The minimum Gasteiger partial charge on any atom is -0.378 e. The Balaban J connectivity index is 2.07. The Morgan fingerprint density at radius 3 is 2.57 bits per heavy atom. The average Bonchev–Trinajstić information content (AvgIpc) is 2.36. The van der Waals surface area contributed by atoms with Gasteiger partial charge in [-0.05, 0) is 18.5 Å². The molecule has 118 valence electrons. The fourth-order valence-corrected chi connectivity index (χ4v) is 2.08. The summed E-state index contributed by atoms with van der Waals surface area (Å²) in [5, 5.41) is 2.53. The van der Waals surface area contributed by atoms with Crippen LogP contribution in [0.2, 0.25) is 5.28 Å². The van der Waals surface area contributed by atoms with E-state index in [9.17, 15) is 13.2 Å². The standard InChI is InChI=1S/C11H15ClF3N5O/c1-7(6-11(13,14)15)16-9-17-8(12)18-10(19-9)20-2-4-21-5-3-20/h7H,2-6H2,1H3,(H,16,17,18,19). The van der Waals surface area contributed by atoms with Crippen LogP contribution in [0, 0.1) is 0 Å².